The summed E-state index contributed by atoms with van der Waals surface area (Å²) < 4.78 is 0. The summed E-state index contributed by atoms with van der Waals surface area (Å²) >= 11 is 6.19. The maximum absolute atomic E-state index is 6.19. The fraction of sp³-hybridized carbons (Fsp3) is 0.154. The van der Waals surface area contributed by atoms with Crippen LogP contribution in [0.25, 0.3) is 5.57 Å². The fourth-order valence-electron chi connectivity index (χ4n) is 1.50. The van der Waals surface area contributed by atoms with Gasteiger partial charge in [0.15, 0.2) is 0 Å². The molecule has 2 heteroatoms. The van der Waals surface area contributed by atoms with Gasteiger partial charge < -0.3 is 0 Å². The number of aromatic nitrogens is 1. The monoisotopic (exact) mass is 217 g/mol. The Hall–Kier alpha value is -1.34. The van der Waals surface area contributed by atoms with Crippen molar-refractivity contribution in [1.82, 2.24) is 4.98 Å². The third kappa shape index (κ3) is 2.37. The van der Waals surface area contributed by atoms with Crippen molar-refractivity contribution in [1.29, 1.82) is 0 Å². The second-order valence-corrected chi connectivity index (χ2v) is 3.87. The van der Waals surface area contributed by atoms with Crippen LogP contribution in [0.5, 0.6) is 0 Å². The third-order valence-electron chi connectivity index (χ3n) is 2.25. The summed E-state index contributed by atoms with van der Waals surface area (Å²) in [6.07, 6.45) is 8.98. The van der Waals surface area contributed by atoms with Crippen LogP contribution in [-0.2, 0) is 0 Å². The molecule has 1 aliphatic carbocycles. The van der Waals surface area contributed by atoms with Gasteiger partial charge in [-0.2, -0.15) is 0 Å². The largest absolute Gasteiger partial charge is 0.253 e. The highest BCUT2D eigenvalue weighted by atomic mass is 35.5. The van der Waals surface area contributed by atoms with E-state index in [2.05, 4.69) is 11.1 Å². The van der Waals surface area contributed by atoms with Crippen LogP contribution in [0.3, 0.4) is 0 Å². The summed E-state index contributed by atoms with van der Waals surface area (Å²) in [7, 11) is 0. The van der Waals surface area contributed by atoms with E-state index < -0.39 is 0 Å². The van der Waals surface area contributed by atoms with Gasteiger partial charge in [-0.25, -0.2) is 0 Å². The molecule has 15 heavy (non-hydrogen) atoms. The SMILES string of the molecule is Cc1cccc(C2=CC=CCC=C2Cl)n1. The van der Waals surface area contributed by atoms with Crippen LogP contribution < -0.4 is 0 Å². The van der Waals surface area contributed by atoms with Gasteiger partial charge in [0.25, 0.3) is 0 Å². The second-order valence-electron chi connectivity index (χ2n) is 3.46. The maximum atomic E-state index is 6.19. The van der Waals surface area contributed by atoms with E-state index in [-0.39, 0.29) is 0 Å². The number of rotatable bonds is 1. The highest BCUT2D eigenvalue weighted by Gasteiger charge is 2.07. The molecule has 2 rings (SSSR count). The van der Waals surface area contributed by atoms with Gasteiger partial charge in [-0.05, 0) is 25.5 Å². The summed E-state index contributed by atoms with van der Waals surface area (Å²) in [6, 6.07) is 5.96. The molecule has 0 saturated carbocycles. The minimum atomic E-state index is 0.776. The zero-order valence-corrected chi connectivity index (χ0v) is 9.33. The van der Waals surface area contributed by atoms with Gasteiger partial charge in [-0.3, -0.25) is 4.98 Å². The molecule has 0 fully saturated rings. The number of aryl methyl sites for hydroxylation is 1. The lowest BCUT2D eigenvalue weighted by molar-refractivity contribution is 1.17. The molecule has 0 spiro atoms. The Bertz CT molecular complexity index is 455. The smallest absolute Gasteiger partial charge is 0.0720 e. The van der Waals surface area contributed by atoms with Gasteiger partial charge in [0.2, 0.25) is 0 Å². The average Bonchev–Trinajstić information content (AvgIpc) is 2.43. The predicted molar refractivity (Wildman–Crippen MR) is 64.6 cm³/mol. The first-order chi connectivity index (χ1) is 7.27. The van der Waals surface area contributed by atoms with E-state index in [4.69, 9.17) is 11.6 Å². The average molecular weight is 218 g/mol. The Kier molecular flexibility index (Phi) is 3.02. The van der Waals surface area contributed by atoms with Crippen molar-refractivity contribution in [2.45, 2.75) is 13.3 Å². The number of nitrogens with zero attached hydrogens (tertiary/aromatic N) is 1. The van der Waals surface area contributed by atoms with Gasteiger partial charge in [0.1, 0.15) is 0 Å². The van der Waals surface area contributed by atoms with E-state index in [0.717, 1.165) is 28.4 Å². The van der Waals surface area contributed by atoms with Crippen LogP contribution in [0.1, 0.15) is 17.8 Å². The molecule has 0 aromatic carbocycles. The summed E-state index contributed by atoms with van der Waals surface area (Å²) in [4.78, 5) is 4.46. The lowest BCUT2D eigenvalue weighted by Gasteiger charge is -2.05. The highest BCUT2D eigenvalue weighted by molar-refractivity contribution is 6.37. The molecule has 0 atom stereocenters. The van der Waals surface area contributed by atoms with Crippen LogP contribution in [0.4, 0.5) is 0 Å². The van der Waals surface area contributed by atoms with Gasteiger partial charge in [-0.1, -0.05) is 42.0 Å². The molecule has 1 nitrogen and oxygen atoms in total. The quantitative estimate of drug-likeness (QED) is 0.696. The van der Waals surface area contributed by atoms with Crippen molar-refractivity contribution in [2.75, 3.05) is 0 Å². The lowest BCUT2D eigenvalue weighted by atomic mass is 10.1. The zero-order valence-electron chi connectivity index (χ0n) is 8.57. The third-order valence-corrected chi connectivity index (χ3v) is 2.61. The van der Waals surface area contributed by atoms with Crippen molar-refractivity contribution in [2.24, 2.45) is 0 Å². The Morgan fingerprint density at radius 1 is 1.33 bits per heavy atom. The van der Waals surface area contributed by atoms with E-state index in [1.807, 2.05) is 43.4 Å². The minimum absolute atomic E-state index is 0.776. The molecule has 0 radical (unpaired) electrons. The van der Waals surface area contributed by atoms with E-state index in [0.29, 0.717) is 0 Å². The molecule has 0 amide bonds. The Morgan fingerprint density at radius 3 is 3.00 bits per heavy atom. The fourth-order valence-corrected chi connectivity index (χ4v) is 1.75. The molecule has 0 unspecified atom stereocenters. The molecule has 76 valence electrons. The van der Waals surface area contributed by atoms with Crippen molar-refractivity contribution in [3.8, 4) is 0 Å². The highest BCUT2D eigenvalue weighted by Crippen LogP contribution is 2.26. The van der Waals surface area contributed by atoms with Crippen LogP contribution >= 0.6 is 11.6 Å². The van der Waals surface area contributed by atoms with E-state index in [1.165, 1.54) is 0 Å². The van der Waals surface area contributed by atoms with Crippen molar-refractivity contribution in [3.05, 3.63) is 58.9 Å². The Morgan fingerprint density at radius 2 is 2.20 bits per heavy atom. The molecule has 1 heterocycles. The van der Waals surface area contributed by atoms with E-state index in [1.54, 1.807) is 0 Å². The van der Waals surface area contributed by atoms with Crippen LogP contribution in [-0.4, -0.2) is 4.98 Å². The molecular formula is C13H12ClN. The van der Waals surface area contributed by atoms with Gasteiger partial charge in [0.05, 0.1) is 5.69 Å². The van der Waals surface area contributed by atoms with Gasteiger partial charge in [0, 0.05) is 16.3 Å². The molecule has 0 aliphatic heterocycles. The van der Waals surface area contributed by atoms with Crippen LogP contribution in [0, 0.1) is 6.92 Å². The molecule has 0 saturated heterocycles. The van der Waals surface area contributed by atoms with Crippen molar-refractivity contribution >= 4 is 17.2 Å². The number of hydrogen-bond acceptors (Lipinski definition) is 1. The molecular weight excluding hydrogens is 206 g/mol. The molecule has 1 aromatic rings. The van der Waals surface area contributed by atoms with Crippen molar-refractivity contribution in [3.63, 3.8) is 0 Å². The summed E-state index contributed by atoms with van der Waals surface area (Å²) in [6.45, 7) is 1.98. The Balaban J connectivity index is 2.45. The van der Waals surface area contributed by atoms with Crippen molar-refractivity contribution < 1.29 is 0 Å². The molecule has 0 bridgehead atoms. The summed E-state index contributed by atoms with van der Waals surface area (Å²) in [5.41, 5.74) is 2.93. The first kappa shape index (κ1) is 10.2. The second kappa shape index (κ2) is 4.45. The molecule has 1 aromatic heterocycles. The standard InChI is InChI=1S/C13H12ClN/c1-10-6-5-9-13(15-10)11-7-3-2-4-8-12(11)14/h2-3,5-9H,4H2,1H3. The number of allylic oxidation sites excluding steroid dienone is 6. The van der Waals surface area contributed by atoms with Crippen LogP contribution in [0.15, 0.2) is 47.5 Å². The molecule has 1 aliphatic rings. The van der Waals surface area contributed by atoms with Crippen LogP contribution in [0.2, 0.25) is 0 Å². The maximum Gasteiger partial charge on any atom is 0.0720 e. The lowest BCUT2D eigenvalue weighted by Crippen LogP contribution is -1.91. The molecule has 0 N–H and O–H groups in total. The first-order valence-electron chi connectivity index (χ1n) is 4.94. The van der Waals surface area contributed by atoms with Gasteiger partial charge >= 0.3 is 0 Å². The minimum Gasteiger partial charge on any atom is -0.253 e. The number of hydrogen-bond donors (Lipinski definition) is 0. The summed E-state index contributed by atoms with van der Waals surface area (Å²) in [5, 5.41) is 0.776. The number of halogens is 1. The summed E-state index contributed by atoms with van der Waals surface area (Å²) in [5.74, 6) is 0. The normalized spacial score (nSPS) is 15.6. The topological polar surface area (TPSA) is 12.9 Å². The van der Waals surface area contributed by atoms with Gasteiger partial charge in [-0.15, -0.1) is 0 Å². The number of pyridine rings is 1. The van der Waals surface area contributed by atoms with E-state index >= 15 is 0 Å². The predicted octanol–water partition coefficient (Wildman–Crippen LogP) is 3.86. The first-order valence-corrected chi connectivity index (χ1v) is 5.32. The Labute approximate surface area is 94.8 Å². The van der Waals surface area contributed by atoms with E-state index in [9.17, 15) is 0 Å². The zero-order chi connectivity index (χ0) is 10.7.